The van der Waals surface area contributed by atoms with Gasteiger partial charge in [-0.05, 0) is 41.2 Å². The molecule has 0 amide bonds. The minimum absolute atomic E-state index is 0.285. The van der Waals surface area contributed by atoms with E-state index in [0.29, 0.717) is 5.92 Å². The van der Waals surface area contributed by atoms with Gasteiger partial charge in [-0.25, -0.2) is 0 Å². The summed E-state index contributed by atoms with van der Waals surface area (Å²) in [5, 5.41) is 2.61. The molecule has 112 valence electrons. The summed E-state index contributed by atoms with van der Waals surface area (Å²) in [4.78, 5) is 0. The molecule has 21 heavy (non-hydrogen) atoms. The molecular formula is C19H26N2. The Morgan fingerprint density at radius 2 is 1.52 bits per heavy atom. The second-order valence-electron chi connectivity index (χ2n) is 6.36. The summed E-state index contributed by atoms with van der Waals surface area (Å²) in [6.45, 7) is 0. The van der Waals surface area contributed by atoms with Gasteiger partial charge in [-0.2, -0.15) is 0 Å². The molecule has 1 fully saturated rings. The van der Waals surface area contributed by atoms with Crippen LogP contribution in [0.3, 0.4) is 0 Å². The van der Waals surface area contributed by atoms with Crippen molar-refractivity contribution < 1.29 is 0 Å². The molecule has 0 saturated heterocycles. The molecule has 0 aromatic heterocycles. The Balaban J connectivity index is 1.85. The van der Waals surface area contributed by atoms with Gasteiger partial charge in [0.2, 0.25) is 0 Å². The Labute approximate surface area is 127 Å². The van der Waals surface area contributed by atoms with Gasteiger partial charge >= 0.3 is 0 Å². The lowest BCUT2D eigenvalue weighted by molar-refractivity contribution is 0.291. The smallest absolute Gasteiger partial charge is 0.0488 e. The fourth-order valence-corrected chi connectivity index (χ4v) is 3.73. The molecule has 2 heteroatoms. The van der Waals surface area contributed by atoms with E-state index in [-0.39, 0.29) is 6.04 Å². The molecule has 2 aromatic carbocycles. The van der Waals surface area contributed by atoms with Crippen molar-refractivity contribution in [2.24, 2.45) is 11.8 Å². The Morgan fingerprint density at radius 3 is 2.24 bits per heavy atom. The van der Waals surface area contributed by atoms with Crippen molar-refractivity contribution in [3.8, 4) is 0 Å². The number of fused-ring (bicyclic) bond motifs is 1. The first-order valence-electron chi connectivity index (χ1n) is 8.33. The first-order valence-corrected chi connectivity index (χ1v) is 8.33. The normalized spacial score (nSPS) is 19.1. The van der Waals surface area contributed by atoms with Crippen LogP contribution in [0.4, 0.5) is 0 Å². The van der Waals surface area contributed by atoms with E-state index in [1.54, 1.807) is 0 Å². The van der Waals surface area contributed by atoms with Gasteiger partial charge in [-0.15, -0.1) is 0 Å². The zero-order chi connectivity index (χ0) is 14.5. The number of hydrogen-bond acceptors (Lipinski definition) is 2. The highest BCUT2D eigenvalue weighted by molar-refractivity contribution is 5.83. The lowest BCUT2D eigenvalue weighted by Gasteiger charge is -2.28. The minimum Gasteiger partial charge on any atom is -0.271 e. The second-order valence-corrected chi connectivity index (χ2v) is 6.36. The van der Waals surface area contributed by atoms with E-state index in [2.05, 4.69) is 47.9 Å². The largest absolute Gasteiger partial charge is 0.271 e. The standard InChI is InChI=1S/C19H26N2/c20-21-19(16-9-4-2-1-3-5-10-16)18-13-12-15-8-6-7-11-17(15)14-18/h6-8,11-14,16,19,21H,1-5,9-10,20H2. The van der Waals surface area contributed by atoms with Crippen LogP contribution in [0, 0.1) is 5.92 Å². The molecule has 1 aliphatic rings. The monoisotopic (exact) mass is 282 g/mol. The van der Waals surface area contributed by atoms with Crippen LogP contribution < -0.4 is 11.3 Å². The maximum Gasteiger partial charge on any atom is 0.0488 e. The summed E-state index contributed by atoms with van der Waals surface area (Å²) in [5.41, 5.74) is 4.44. The first kappa shape index (κ1) is 14.6. The summed E-state index contributed by atoms with van der Waals surface area (Å²) in [5.74, 6) is 6.58. The number of hydrogen-bond donors (Lipinski definition) is 2. The average molecular weight is 282 g/mol. The average Bonchev–Trinajstić information content (AvgIpc) is 2.49. The molecule has 1 aliphatic carbocycles. The van der Waals surface area contributed by atoms with Crippen LogP contribution in [0.5, 0.6) is 0 Å². The Bertz CT molecular complexity index is 571. The van der Waals surface area contributed by atoms with E-state index >= 15 is 0 Å². The Hall–Kier alpha value is -1.38. The summed E-state index contributed by atoms with van der Waals surface area (Å²) in [7, 11) is 0. The molecule has 0 heterocycles. The Kier molecular flexibility index (Phi) is 4.89. The van der Waals surface area contributed by atoms with Crippen molar-refractivity contribution in [1.29, 1.82) is 0 Å². The fraction of sp³-hybridized carbons (Fsp3) is 0.474. The molecule has 2 nitrogen and oxygen atoms in total. The van der Waals surface area contributed by atoms with E-state index in [4.69, 9.17) is 5.84 Å². The Morgan fingerprint density at radius 1 is 0.857 bits per heavy atom. The molecule has 1 atom stereocenters. The lowest BCUT2D eigenvalue weighted by atomic mass is 9.83. The predicted octanol–water partition coefficient (Wildman–Crippen LogP) is 4.70. The van der Waals surface area contributed by atoms with Crippen LogP contribution in [0.15, 0.2) is 42.5 Å². The van der Waals surface area contributed by atoms with Gasteiger partial charge in [0.05, 0.1) is 0 Å². The molecule has 1 unspecified atom stereocenters. The summed E-state index contributed by atoms with van der Waals surface area (Å²) >= 11 is 0. The van der Waals surface area contributed by atoms with E-state index in [1.165, 1.54) is 61.3 Å². The van der Waals surface area contributed by atoms with Gasteiger partial charge in [-0.1, -0.05) is 68.5 Å². The molecule has 2 aromatic rings. The lowest BCUT2D eigenvalue weighted by Crippen LogP contribution is -2.34. The van der Waals surface area contributed by atoms with Crippen molar-refractivity contribution in [3.63, 3.8) is 0 Å². The van der Waals surface area contributed by atoms with Crippen LogP contribution in [0.2, 0.25) is 0 Å². The van der Waals surface area contributed by atoms with Crippen molar-refractivity contribution in [3.05, 3.63) is 48.0 Å². The molecule has 0 aliphatic heterocycles. The zero-order valence-electron chi connectivity index (χ0n) is 12.7. The molecule has 0 spiro atoms. The summed E-state index contributed by atoms with van der Waals surface area (Å²) < 4.78 is 0. The molecular weight excluding hydrogens is 256 g/mol. The van der Waals surface area contributed by atoms with Gasteiger partial charge in [0.25, 0.3) is 0 Å². The molecule has 0 radical (unpaired) electrons. The number of rotatable bonds is 3. The first-order chi connectivity index (χ1) is 10.4. The summed E-state index contributed by atoms with van der Waals surface area (Å²) in [6.07, 6.45) is 9.44. The molecule has 1 saturated carbocycles. The second kappa shape index (κ2) is 7.06. The zero-order valence-corrected chi connectivity index (χ0v) is 12.7. The van der Waals surface area contributed by atoms with Crippen molar-refractivity contribution in [2.75, 3.05) is 0 Å². The molecule has 3 N–H and O–H groups in total. The number of benzene rings is 2. The molecule has 0 bridgehead atoms. The van der Waals surface area contributed by atoms with Crippen LogP contribution in [0.1, 0.15) is 56.6 Å². The van der Waals surface area contributed by atoms with Crippen LogP contribution in [-0.4, -0.2) is 0 Å². The topological polar surface area (TPSA) is 38.0 Å². The fourth-order valence-electron chi connectivity index (χ4n) is 3.73. The van der Waals surface area contributed by atoms with E-state index in [1.807, 2.05) is 0 Å². The quantitative estimate of drug-likeness (QED) is 0.632. The highest BCUT2D eigenvalue weighted by atomic mass is 15.2. The van der Waals surface area contributed by atoms with Crippen LogP contribution >= 0.6 is 0 Å². The van der Waals surface area contributed by atoms with Crippen molar-refractivity contribution >= 4 is 10.8 Å². The third kappa shape index (κ3) is 3.45. The van der Waals surface area contributed by atoms with Crippen LogP contribution in [0.25, 0.3) is 10.8 Å². The van der Waals surface area contributed by atoms with Crippen LogP contribution in [-0.2, 0) is 0 Å². The van der Waals surface area contributed by atoms with Gasteiger partial charge in [0.15, 0.2) is 0 Å². The van der Waals surface area contributed by atoms with Crippen molar-refractivity contribution in [1.82, 2.24) is 5.43 Å². The maximum atomic E-state index is 5.92. The van der Waals surface area contributed by atoms with Crippen molar-refractivity contribution in [2.45, 2.75) is 51.0 Å². The van der Waals surface area contributed by atoms with E-state index in [9.17, 15) is 0 Å². The van der Waals surface area contributed by atoms with Gasteiger partial charge in [0.1, 0.15) is 0 Å². The number of hydrazine groups is 1. The minimum atomic E-state index is 0.285. The molecule has 3 rings (SSSR count). The number of nitrogens with two attached hydrogens (primary N) is 1. The van der Waals surface area contributed by atoms with Gasteiger partial charge in [-0.3, -0.25) is 11.3 Å². The SMILES string of the molecule is NNC(c1ccc2ccccc2c1)C1CCCCCCC1. The number of nitrogens with one attached hydrogen (secondary N) is 1. The van der Waals surface area contributed by atoms with E-state index < -0.39 is 0 Å². The van der Waals surface area contributed by atoms with E-state index in [0.717, 1.165) is 0 Å². The summed E-state index contributed by atoms with van der Waals surface area (Å²) in [6, 6.07) is 15.6. The highest BCUT2D eigenvalue weighted by Crippen LogP contribution is 2.33. The third-order valence-corrected chi connectivity index (χ3v) is 4.93. The maximum absolute atomic E-state index is 5.92. The third-order valence-electron chi connectivity index (χ3n) is 4.93. The predicted molar refractivity (Wildman–Crippen MR) is 89.8 cm³/mol. The highest BCUT2D eigenvalue weighted by Gasteiger charge is 2.22. The van der Waals surface area contributed by atoms with Gasteiger partial charge in [0, 0.05) is 6.04 Å². The van der Waals surface area contributed by atoms with Gasteiger partial charge < -0.3 is 0 Å².